The van der Waals surface area contributed by atoms with Gasteiger partial charge in [-0.15, -0.1) is 0 Å². The largest absolute Gasteiger partial charge is 0.372 e. The zero-order valence-electron chi connectivity index (χ0n) is 12.3. The van der Waals surface area contributed by atoms with Gasteiger partial charge in [0.25, 0.3) is 5.69 Å². The number of non-ortho nitro benzene ring substituents is 1. The standard InChI is InChI=1S/C16H23N3O2/c20-19(21)16-3-1-15(2-4-16)18-11-7-14(8-12-18)13-5-9-17-10-6-13/h1-4,13-14,17H,5-12H2. The quantitative estimate of drug-likeness (QED) is 0.686. The van der Waals surface area contributed by atoms with E-state index in [0.717, 1.165) is 30.6 Å². The van der Waals surface area contributed by atoms with E-state index >= 15 is 0 Å². The molecule has 2 heterocycles. The Kier molecular flexibility index (Phi) is 4.39. The number of hydrogen-bond acceptors (Lipinski definition) is 4. The third-order valence-electron chi connectivity index (χ3n) is 5.02. The molecule has 2 saturated heterocycles. The molecule has 5 nitrogen and oxygen atoms in total. The highest BCUT2D eigenvalue weighted by molar-refractivity contribution is 5.51. The van der Waals surface area contributed by atoms with Crippen molar-refractivity contribution in [2.24, 2.45) is 11.8 Å². The van der Waals surface area contributed by atoms with Crippen LogP contribution in [0, 0.1) is 22.0 Å². The number of rotatable bonds is 3. The zero-order chi connectivity index (χ0) is 14.7. The maximum atomic E-state index is 10.7. The summed E-state index contributed by atoms with van der Waals surface area (Å²) < 4.78 is 0. The minimum atomic E-state index is -0.340. The molecule has 0 unspecified atom stereocenters. The van der Waals surface area contributed by atoms with E-state index in [-0.39, 0.29) is 10.6 Å². The van der Waals surface area contributed by atoms with Gasteiger partial charge in [-0.3, -0.25) is 10.1 Å². The molecule has 21 heavy (non-hydrogen) atoms. The van der Waals surface area contributed by atoms with Crippen LogP contribution in [0.1, 0.15) is 25.7 Å². The molecule has 114 valence electrons. The first kappa shape index (κ1) is 14.3. The summed E-state index contributed by atoms with van der Waals surface area (Å²) in [5.41, 5.74) is 1.28. The first-order chi connectivity index (χ1) is 10.2. The van der Waals surface area contributed by atoms with Gasteiger partial charge in [0.1, 0.15) is 0 Å². The van der Waals surface area contributed by atoms with Gasteiger partial charge in [0, 0.05) is 30.9 Å². The molecular weight excluding hydrogens is 266 g/mol. The maximum absolute atomic E-state index is 10.7. The Labute approximate surface area is 125 Å². The van der Waals surface area contributed by atoms with Crippen LogP contribution in [0.25, 0.3) is 0 Å². The SMILES string of the molecule is O=[N+]([O-])c1ccc(N2CCC(C3CCNCC3)CC2)cc1. The Hall–Kier alpha value is -1.62. The molecule has 2 aliphatic rings. The summed E-state index contributed by atoms with van der Waals surface area (Å²) >= 11 is 0. The molecule has 0 aliphatic carbocycles. The second-order valence-electron chi connectivity index (χ2n) is 6.19. The molecule has 1 aromatic carbocycles. The van der Waals surface area contributed by atoms with Gasteiger partial charge >= 0.3 is 0 Å². The molecule has 2 aliphatic heterocycles. The van der Waals surface area contributed by atoms with Crippen molar-refractivity contribution in [3.63, 3.8) is 0 Å². The summed E-state index contributed by atoms with van der Waals surface area (Å²) in [5.74, 6) is 1.76. The van der Waals surface area contributed by atoms with Crippen molar-refractivity contribution in [1.82, 2.24) is 5.32 Å². The van der Waals surface area contributed by atoms with Gasteiger partial charge in [-0.05, 0) is 62.7 Å². The number of hydrogen-bond donors (Lipinski definition) is 1. The van der Waals surface area contributed by atoms with E-state index in [2.05, 4.69) is 10.2 Å². The Bertz CT molecular complexity index is 475. The number of nitrogens with zero attached hydrogens (tertiary/aromatic N) is 2. The summed E-state index contributed by atoms with van der Waals surface area (Å²) in [6, 6.07) is 6.97. The first-order valence-corrected chi connectivity index (χ1v) is 7.94. The topological polar surface area (TPSA) is 58.4 Å². The second kappa shape index (κ2) is 6.43. The predicted molar refractivity (Wildman–Crippen MR) is 83.6 cm³/mol. The lowest BCUT2D eigenvalue weighted by Gasteiger charge is -2.38. The third-order valence-corrected chi connectivity index (χ3v) is 5.02. The first-order valence-electron chi connectivity index (χ1n) is 7.94. The summed E-state index contributed by atoms with van der Waals surface area (Å²) in [4.78, 5) is 12.7. The van der Waals surface area contributed by atoms with Crippen LogP contribution < -0.4 is 10.2 Å². The van der Waals surface area contributed by atoms with E-state index in [1.54, 1.807) is 12.1 Å². The van der Waals surface area contributed by atoms with Crippen LogP contribution in [0.2, 0.25) is 0 Å². The lowest BCUT2D eigenvalue weighted by molar-refractivity contribution is -0.384. The van der Waals surface area contributed by atoms with Gasteiger partial charge in [0.15, 0.2) is 0 Å². The molecule has 0 saturated carbocycles. The number of nitrogens with one attached hydrogen (secondary N) is 1. The maximum Gasteiger partial charge on any atom is 0.269 e. The fraction of sp³-hybridized carbons (Fsp3) is 0.625. The molecule has 1 aromatic rings. The molecule has 2 fully saturated rings. The van der Waals surface area contributed by atoms with Gasteiger partial charge in [-0.2, -0.15) is 0 Å². The van der Waals surface area contributed by atoms with Crippen molar-refractivity contribution < 1.29 is 4.92 Å². The van der Waals surface area contributed by atoms with Crippen molar-refractivity contribution in [3.8, 4) is 0 Å². The van der Waals surface area contributed by atoms with Crippen molar-refractivity contribution >= 4 is 11.4 Å². The summed E-state index contributed by atoms with van der Waals surface area (Å²) in [6.45, 7) is 4.50. The molecule has 5 heteroatoms. The molecular formula is C16H23N3O2. The Balaban J connectivity index is 1.56. The van der Waals surface area contributed by atoms with Gasteiger partial charge in [0.2, 0.25) is 0 Å². The van der Waals surface area contributed by atoms with Crippen LogP contribution in [-0.2, 0) is 0 Å². The van der Waals surface area contributed by atoms with E-state index in [0.29, 0.717) is 0 Å². The van der Waals surface area contributed by atoms with E-state index in [1.807, 2.05) is 12.1 Å². The number of benzene rings is 1. The molecule has 0 atom stereocenters. The highest BCUT2D eigenvalue weighted by atomic mass is 16.6. The Morgan fingerprint density at radius 1 is 1.00 bits per heavy atom. The van der Waals surface area contributed by atoms with Crippen LogP contribution in [0.15, 0.2) is 24.3 Å². The van der Waals surface area contributed by atoms with E-state index in [1.165, 1.54) is 38.8 Å². The van der Waals surface area contributed by atoms with Gasteiger partial charge < -0.3 is 10.2 Å². The lowest BCUT2D eigenvalue weighted by Crippen LogP contribution is -2.39. The summed E-state index contributed by atoms with van der Waals surface area (Å²) in [6.07, 6.45) is 5.15. The molecule has 0 aromatic heterocycles. The molecule has 1 N–H and O–H groups in total. The number of piperidine rings is 2. The average molecular weight is 289 g/mol. The predicted octanol–water partition coefficient (Wildman–Crippen LogP) is 2.81. The van der Waals surface area contributed by atoms with Crippen LogP contribution >= 0.6 is 0 Å². The monoisotopic (exact) mass is 289 g/mol. The fourth-order valence-electron chi connectivity index (χ4n) is 3.73. The highest BCUT2D eigenvalue weighted by Crippen LogP contribution is 2.32. The summed E-state index contributed by atoms with van der Waals surface area (Å²) in [5, 5.41) is 14.1. The van der Waals surface area contributed by atoms with Gasteiger partial charge in [-0.25, -0.2) is 0 Å². The van der Waals surface area contributed by atoms with E-state index < -0.39 is 0 Å². The van der Waals surface area contributed by atoms with Gasteiger partial charge in [-0.1, -0.05) is 0 Å². The number of nitro groups is 1. The Morgan fingerprint density at radius 3 is 2.14 bits per heavy atom. The normalized spacial score (nSPS) is 21.4. The zero-order valence-corrected chi connectivity index (χ0v) is 12.3. The highest BCUT2D eigenvalue weighted by Gasteiger charge is 2.27. The third kappa shape index (κ3) is 3.35. The smallest absolute Gasteiger partial charge is 0.269 e. The van der Waals surface area contributed by atoms with Crippen LogP contribution in [0.5, 0.6) is 0 Å². The van der Waals surface area contributed by atoms with Crippen molar-refractivity contribution in [2.75, 3.05) is 31.1 Å². The molecule has 0 spiro atoms. The second-order valence-corrected chi connectivity index (χ2v) is 6.19. The van der Waals surface area contributed by atoms with E-state index in [4.69, 9.17) is 0 Å². The average Bonchev–Trinajstić information content (AvgIpc) is 2.56. The van der Waals surface area contributed by atoms with Crippen molar-refractivity contribution in [1.29, 1.82) is 0 Å². The molecule has 3 rings (SSSR count). The minimum absolute atomic E-state index is 0.170. The fourth-order valence-corrected chi connectivity index (χ4v) is 3.73. The summed E-state index contributed by atoms with van der Waals surface area (Å²) in [7, 11) is 0. The van der Waals surface area contributed by atoms with Crippen LogP contribution in [0.3, 0.4) is 0 Å². The molecule has 0 radical (unpaired) electrons. The van der Waals surface area contributed by atoms with Crippen molar-refractivity contribution in [2.45, 2.75) is 25.7 Å². The molecule has 0 bridgehead atoms. The number of nitro benzene ring substituents is 1. The van der Waals surface area contributed by atoms with Crippen molar-refractivity contribution in [3.05, 3.63) is 34.4 Å². The minimum Gasteiger partial charge on any atom is -0.372 e. The Morgan fingerprint density at radius 2 is 1.57 bits per heavy atom. The number of anilines is 1. The molecule has 0 amide bonds. The van der Waals surface area contributed by atoms with Gasteiger partial charge in [0.05, 0.1) is 4.92 Å². The van der Waals surface area contributed by atoms with E-state index in [9.17, 15) is 10.1 Å². The lowest BCUT2D eigenvalue weighted by atomic mass is 9.79. The van der Waals surface area contributed by atoms with Crippen LogP contribution in [-0.4, -0.2) is 31.1 Å². The van der Waals surface area contributed by atoms with Crippen LogP contribution in [0.4, 0.5) is 11.4 Å².